The molecule has 2 aliphatic rings. The van der Waals surface area contributed by atoms with Crippen molar-refractivity contribution in [2.75, 3.05) is 6.54 Å². The fourth-order valence-electron chi connectivity index (χ4n) is 2.87. The van der Waals surface area contributed by atoms with Crippen LogP contribution in [0.2, 0.25) is 0 Å². The Labute approximate surface area is 134 Å². The lowest BCUT2D eigenvalue weighted by Gasteiger charge is -2.21. The van der Waals surface area contributed by atoms with Gasteiger partial charge in [0.05, 0.1) is 0 Å². The number of nitrogens with one attached hydrogen (secondary N) is 2. The van der Waals surface area contributed by atoms with Gasteiger partial charge in [0.25, 0.3) is 5.91 Å². The van der Waals surface area contributed by atoms with E-state index in [0.29, 0.717) is 0 Å². The van der Waals surface area contributed by atoms with Gasteiger partial charge in [-0.25, -0.2) is 9.59 Å². The maximum Gasteiger partial charge on any atom is 0.326 e. The molecule has 0 spiro atoms. The number of rotatable bonds is 7. The van der Waals surface area contributed by atoms with Crippen molar-refractivity contribution in [1.82, 2.24) is 15.5 Å². The van der Waals surface area contributed by atoms with Crippen molar-refractivity contribution >= 4 is 23.8 Å². The Hall–Kier alpha value is -2.12. The maximum absolute atomic E-state index is 12.4. The normalized spacial score (nSPS) is 25.5. The molecule has 0 aromatic carbocycles. The van der Waals surface area contributed by atoms with E-state index in [-0.39, 0.29) is 18.3 Å². The number of amides is 4. The first-order valence-electron chi connectivity index (χ1n) is 7.81. The third kappa shape index (κ3) is 3.62. The van der Waals surface area contributed by atoms with E-state index in [0.717, 1.165) is 17.7 Å². The fourth-order valence-corrected chi connectivity index (χ4v) is 2.87. The number of hydrogen-bond acceptors (Lipinski definition) is 4. The highest BCUT2D eigenvalue weighted by molar-refractivity contribution is 6.09. The SMILES string of the molecule is CC(C)C[C@H](NC(=O)CN1C(=O)N[C@@](C)(C2CC2)C1=O)C(=O)O. The van der Waals surface area contributed by atoms with Crippen LogP contribution in [0, 0.1) is 11.8 Å². The van der Waals surface area contributed by atoms with Crippen LogP contribution in [0.15, 0.2) is 0 Å². The van der Waals surface area contributed by atoms with Gasteiger partial charge in [0.2, 0.25) is 5.91 Å². The lowest BCUT2D eigenvalue weighted by Crippen LogP contribution is -2.49. The predicted octanol–water partition coefficient (Wildman–Crippen LogP) is 0.322. The topological polar surface area (TPSA) is 116 Å². The molecule has 23 heavy (non-hydrogen) atoms. The zero-order valence-corrected chi connectivity index (χ0v) is 13.6. The average molecular weight is 325 g/mol. The minimum absolute atomic E-state index is 0.0891. The molecule has 1 aliphatic heterocycles. The van der Waals surface area contributed by atoms with Crippen LogP contribution in [0.1, 0.15) is 40.0 Å². The van der Waals surface area contributed by atoms with E-state index in [1.165, 1.54) is 0 Å². The summed E-state index contributed by atoms with van der Waals surface area (Å²) < 4.78 is 0. The molecule has 1 saturated carbocycles. The lowest BCUT2D eigenvalue weighted by molar-refractivity contribution is -0.142. The lowest BCUT2D eigenvalue weighted by atomic mass is 9.96. The molecule has 128 valence electrons. The summed E-state index contributed by atoms with van der Waals surface area (Å²) in [7, 11) is 0. The number of urea groups is 1. The first-order chi connectivity index (χ1) is 10.6. The third-order valence-electron chi connectivity index (χ3n) is 4.34. The van der Waals surface area contributed by atoms with Crippen molar-refractivity contribution in [3.63, 3.8) is 0 Å². The molecule has 1 heterocycles. The van der Waals surface area contributed by atoms with E-state index in [9.17, 15) is 19.2 Å². The molecule has 2 atom stereocenters. The molecule has 0 aromatic rings. The summed E-state index contributed by atoms with van der Waals surface area (Å²) in [6.45, 7) is 4.90. The Morgan fingerprint density at radius 2 is 2.00 bits per heavy atom. The third-order valence-corrected chi connectivity index (χ3v) is 4.34. The molecule has 8 nitrogen and oxygen atoms in total. The zero-order chi connectivity index (χ0) is 17.4. The summed E-state index contributed by atoms with van der Waals surface area (Å²) in [4.78, 5) is 48.4. The number of aliphatic carboxylic acids is 1. The highest BCUT2D eigenvalue weighted by Gasteiger charge is 2.56. The Balaban J connectivity index is 1.98. The van der Waals surface area contributed by atoms with Gasteiger partial charge in [-0.1, -0.05) is 13.8 Å². The largest absolute Gasteiger partial charge is 0.480 e. The molecule has 0 aromatic heterocycles. The van der Waals surface area contributed by atoms with Crippen molar-refractivity contribution < 1.29 is 24.3 Å². The van der Waals surface area contributed by atoms with Gasteiger partial charge in [-0.2, -0.15) is 0 Å². The number of hydrogen-bond donors (Lipinski definition) is 3. The molecule has 1 saturated heterocycles. The summed E-state index contributed by atoms with van der Waals surface area (Å²) >= 11 is 0. The molecular formula is C15H23N3O5. The number of carbonyl (C=O) groups excluding carboxylic acids is 3. The van der Waals surface area contributed by atoms with Crippen molar-refractivity contribution in [3.8, 4) is 0 Å². The van der Waals surface area contributed by atoms with Gasteiger partial charge in [-0.15, -0.1) is 0 Å². The molecule has 3 N–H and O–H groups in total. The molecular weight excluding hydrogens is 302 g/mol. The summed E-state index contributed by atoms with van der Waals surface area (Å²) in [6, 6.07) is -1.63. The molecule has 2 fully saturated rings. The van der Waals surface area contributed by atoms with Gasteiger partial charge in [0.1, 0.15) is 18.1 Å². The second-order valence-electron chi connectivity index (χ2n) is 6.89. The van der Waals surface area contributed by atoms with E-state index in [4.69, 9.17) is 5.11 Å². The summed E-state index contributed by atoms with van der Waals surface area (Å²) in [5, 5.41) is 14.1. The minimum Gasteiger partial charge on any atom is -0.480 e. The van der Waals surface area contributed by atoms with Crippen molar-refractivity contribution in [2.24, 2.45) is 11.8 Å². The standard InChI is InChI=1S/C15H23N3O5/c1-8(2)6-10(12(20)21)16-11(19)7-18-13(22)15(3,9-4-5-9)17-14(18)23/h8-10H,4-7H2,1-3H3,(H,16,19)(H,17,23)(H,20,21)/t10-,15-/m0/s1. The summed E-state index contributed by atoms with van der Waals surface area (Å²) in [6.07, 6.45) is 2.02. The molecule has 0 unspecified atom stereocenters. The molecule has 0 bridgehead atoms. The second kappa shape index (κ2) is 6.17. The Bertz CT molecular complexity index is 543. The minimum atomic E-state index is -1.13. The molecule has 1 aliphatic carbocycles. The first kappa shape index (κ1) is 17.2. The van der Waals surface area contributed by atoms with Crippen LogP contribution in [-0.4, -0.2) is 51.9 Å². The Kier molecular flexibility index (Phi) is 4.63. The monoisotopic (exact) mass is 325 g/mol. The van der Waals surface area contributed by atoms with Gasteiger partial charge >= 0.3 is 12.0 Å². The van der Waals surface area contributed by atoms with Gasteiger partial charge in [0, 0.05) is 0 Å². The van der Waals surface area contributed by atoms with Crippen LogP contribution in [-0.2, 0) is 14.4 Å². The van der Waals surface area contributed by atoms with E-state index in [2.05, 4.69) is 10.6 Å². The van der Waals surface area contributed by atoms with E-state index >= 15 is 0 Å². The number of imide groups is 1. The van der Waals surface area contributed by atoms with Crippen LogP contribution >= 0.6 is 0 Å². The van der Waals surface area contributed by atoms with Crippen LogP contribution in [0.3, 0.4) is 0 Å². The predicted molar refractivity (Wildman–Crippen MR) is 80.4 cm³/mol. The Morgan fingerprint density at radius 3 is 2.48 bits per heavy atom. The molecule has 4 amide bonds. The van der Waals surface area contributed by atoms with E-state index in [1.54, 1.807) is 6.92 Å². The smallest absolute Gasteiger partial charge is 0.326 e. The number of carbonyl (C=O) groups is 4. The van der Waals surface area contributed by atoms with Crippen molar-refractivity contribution in [3.05, 3.63) is 0 Å². The van der Waals surface area contributed by atoms with Crippen LogP contribution in [0.5, 0.6) is 0 Å². The molecule has 0 radical (unpaired) electrons. The number of carboxylic acids is 1. The summed E-state index contributed by atoms with van der Waals surface area (Å²) in [5.74, 6) is -2.00. The second-order valence-corrected chi connectivity index (χ2v) is 6.89. The highest BCUT2D eigenvalue weighted by Crippen LogP contribution is 2.42. The van der Waals surface area contributed by atoms with Crippen LogP contribution in [0.25, 0.3) is 0 Å². The number of carboxylic acid groups (broad SMARTS) is 1. The number of nitrogens with zero attached hydrogens (tertiary/aromatic N) is 1. The van der Waals surface area contributed by atoms with Crippen molar-refractivity contribution in [1.29, 1.82) is 0 Å². The van der Waals surface area contributed by atoms with Crippen LogP contribution in [0.4, 0.5) is 4.79 Å². The summed E-state index contributed by atoms with van der Waals surface area (Å²) in [5.41, 5.74) is -0.943. The van der Waals surface area contributed by atoms with E-state index < -0.39 is 41.9 Å². The quantitative estimate of drug-likeness (QED) is 0.583. The van der Waals surface area contributed by atoms with Crippen molar-refractivity contribution in [2.45, 2.75) is 51.6 Å². The van der Waals surface area contributed by atoms with E-state index in [1.807, 2.05) is 13.8 Å². The molecule has 2 rings (SSSR count). The highest BCUT2D eigenvalue weighted by atomic mass is 16.4. The Morgan fingerprint density at radius 1 is 1.39 bits per heavy atom. The zero-order valence-electron chi connectivity index (χ0n) is 13.6. The van der Waals surface area contributed by atoms with Gasteiger partial charge in [-0.3, -0.25) is 14.5 Å². The first-order valence-corrected chi connectivity index (χ1v) is 7.81. The van der Waals surface area contributed by atoms with Gasteiger partial charge in [-0.05, 0) is 38.0 Å². The molecule has 8 heteroatoms. The van der Waals surface area contributed by atoms with Crippen LogP contribution < -0.4 is 10.6 Å². The van der Waals surface area contributed by atoms with Gasteiger partial charge in [0.15, 0.2) is 0 Å². The fraction of sp³-hybridized carbons (Fsp3) is 0.733. The van der Waals surface area contributed by atoms with Gasteiger partial charge < -0.3 is 15.7 Å². The average Bonchev–Trinajstić information content (AvgIpc) is 3.24. The maximum atomic E-state index is 12.4.